The van der Waals surface area contributed by atoms with Crippen LogP contribution in [0.15, 0.2) is 18.3 Å². The molecular weight excluding hydrogens is 210 g/mol. The minimum atomic E-state index is -0.567. The lowest BCUT2D eigenvalue weighted by atomic mass is 10.6. The summed E-state index contributed by atoms with van der Waals surface area (Å²) in [6, 6.07) is 3.67. The van der Waals surface area contributed by atoms with Gasteiger partial charge in [-0.15, -0.1) is 15.0 Å². The fourth-order valence-corrected chi connectivity index (χ4v) is 1.25. The van der Waals surface area contributed by atoms with Crippen molar-refractivity contribution in [2.24, 2.45) is 7.05 Å². The Labute approximate surface area is 91.6 Å². The summed E-state index contributed by atoms with van der Waals surface area (Å²) < 4.78 is 6.58. The molecule has 0 aromatic carbocycles. The van der Waals surface area contributed by atoms with Crippen LogP contribution in [0.1, 0.15) is 17.5 Å². The monoisotopic (exact) mass is 221 g/mol. The van der Waals surface area contributed by atoms with Crippen molar-refractivity contribution in [1.29, 1.82) is 0 Å². The van der Waals surface area contributed by atoms with E-state index in [0.717, 1.165) is 5.82 Å². The van der Waals surface area contributed by atoms with Gasteiger partial charge in [-0.05, 0) is 24.3 Å². The van der Waals surface area contributed by atoms with E-state index in [9.17, 15) is 4.79 Å². The number of nitrogens with zero attached hydrogens (tertiary/aromatic N) is 5. The Hall–Kier alpha value is -2.18. The number of rotatable bonds is 3. The maximum atomic E-state index is 11.3. The zero-order valence-electron chi connectivity index (χ0n) is 8.99. The molecule has 2 aromatic rings. The number of aryl methyl sites for hydroxylation is 1. The highest BCUT2D eigenvalue weighted by atomic mass is 16.5. The van der Waals surface area contributed by atoms with Gasteiger partial charge in [0.2, 0.25) is 0 Å². The molecule has 84 valence electrons. The van der Waals surface area contributed by atoms with Gasteiger partial charge in [-0.3, -0.25) is 0 Å². The van der Waals surface area contributed by atoms with Crippen molar-refractivity contribution in [1.82, 2.24) is 24.8 Å². The molecule has 2 rings (SSSR count). The van der Waals surface area contributed by atoms with E-state index in [4.69, 9.17) is 4.74 Å². The van der Waals surface area contributed by atoms with Crippen LogP contribution in [0.25, 0.3) is 5.82 Å². The van der Waals surface area contributed by atoms with Crippen molar-refractivity contribution < 1.29 is 9.53 Å². The predicted molar refractivity (Wildman–Crippen MR) is 54.1 cm³/mol. The molecule has 2 aromatic heterocycles. The number of hydrogen-bond donors (Lipinski definition) is 0. The molecule has 0 aliphatic heterocycles. The molecule has 0 N–H and O–H groups in total. The molecule has 7 nitrogen and oxygen atoms in total. The Balaban J connectivity index is 2.26. The Morgan fingerprint density at radius 2 is 2.38 bits per heavy atom. The van der Waals surface area contributed by atoms with Crippen LogP contribution in [0, 0.1) is 0 Å². The van der Waals surface area contributed by atoms with Crippen LogP contribution in [-0.4, -0.2) is 37.4 Å². The lowest BCUT2D eigenvalue weighted by Crippen LogP contribution is -2.08. The fourth-order valence-electron chi connectivity index (χ4n) is 1.25. The van der Waals surface area contributed by atoms with Gasteiger partial charge in [0, 0.05) is 13.2 Å². The molecule has 0 saturated heterocycles. The van der Waals surface area contributed by atoms with Gasteiger partial charge >= 0.3 is 5.97 Å². The van der Waals surface area contributed by atoms with E-state index in [0.29, 0.717) is 0 Å². The Morgan fingerprint density at radius 1 is 1.56 bits per heavy atom. The van der Waals surface area contributed by atoms with E-state index in [1.54, 1.807) is 6.92 Å². The van der Waals surface area contributed by atoms with Gasteiger partial charge in [0.25, 0.3) is 5.82 Å². The van der Waals surface area contributed by atoms with E-state index in [-0.39, 0.29) is 12.4 Å². The largest absolute Gasteiger partial charge is 0.460 e. The molecule has 0 unspecified atom stereocenters. The van der Waals surface area contributed by atoms with Crippen LogP contribution in [0.5, 0.6) is 0 Å². The number of ether oxygens (including phenoxy) is 1. The summed E-state index contributed by atoms with van der Waals surface area (Å²) in [4.78, 5) is 12.6. The normalized spacial score (nSPS) is 10.4. The SMILES string of the molecule is CCOC(=O)c1nnn(-c2cccn2C)n1. The standard InChI is InChI=1S/C9H11N5O2/c1-3-16-9(15)8-10-12-14(11-8)7-5-4-6-13(7)2/h4-6H,3H2,1-2H3. The van der Waals surface area contributed by atoms with Gasteiger partial charge in [0.1, 0.15) is 0 Å². The number of aromatic nitrogens is 5. The molecule has 0 aliphatic rings. The molecule has 2 heterocycles. The fraction of sp³-hybridized carbons (Fsp3) is 0.333. The van der Waals surface area contributed by atoms with Crippen molar-refractivity contribution >= 4 is 5.97 Å². The van der Waals surface area contributed by atoms with E-state index in [2.05, 4.69) is 15.4 Å². The van der Waals surface area contributed by atoms with Crippen LogP contribution in [-0.2, 0) is 11.8 Å². The van der Waals surface area contributed by atoms with E-state index in [1.165, 1.54) is 4.80 Å². The lowest BCUT2D eigenvalue weighted by Gasteiger charge is -1.98. The average Bonchev–Trinajstić information content (AvgIpc) is 2.86. The molecule has 0 fully saturated rings. The highest BCUT2D eigenvalue weighted by molar-refractivity contribution is 5.84. The van der Waals surface area contributed by atoms with Crippen LogP contribution < -0.4 is 0 Å². The Morgan fingerprint density at radius 3 is 3.00 bits per heavy atom. The quantitative estimate of drug-likeness (QED) is 0.691. The van der Waals surface area contributed by atoms with E-state index >= 15 is 0 Å². The molecule has 7 heteroatoms. The second-order valence-corrected chi connectivity index (χ2v) is 3.10. The van der Waals surface area contributed by atoms with Crippen LogP contribution in [0.4, 0.5) is 0 Å². The van der Waals surface area contributed by atoms with Crippen molar-refractivity contribution in [3.8, 4) is 5.82 Å². The number of carbonyl (C=O) groups excluding carboxylic acids is 1. The molecule has 0 aliphatic carbocycles. The maximum Gasteiger partial charge on any atom is 0.380 e. The second-order valence-electron chi connectivity index (χ2n) is 3.10. The first kappa shape index (κ1) is 10.3. The van der Waals surface area contributed by atoms with E-state index < -0.39 is 5.97 Å². The number of hydrogen-bond acceptors (Lipinski definition) is 5. The molecule has 0 amide bonds. The molecule has 0 bridgehead atoms. The minimum Gasteiger partial charge on any atom is -0.460 e. The van der Waals surface area contributed by atoms with Crippen LogP contribution in [0.3, 0.4) is 0 Å². The van der Waals surface area contributed by atoms with Gasteiger partial charge in [0.15, 0.2) is 5.82 Å². The summed E-state index contributed by atoms with van der Waals surface area (Å²) >= 11 is 0. The van der Waals surface area contributed by atoms with Crippen LogP contribution >= 0.6 is 0 Å². The van der Waals surface area contributed by atoms with E-state index in [1.807, 2.05) is 29.9 Å². The highest BCUT2D eigenvalue weighted by Crippen LogP contribution is 2.04. The first-order chi connectivity index (χ1) is 7.72. The van der Waals surface area contributed by atoms with Crippen molar-refractivity contribution in [2.75, 3.05) is 6.61 Å². The first-order valence-electron chi connectivity index (χ1n) is 4.81. The average molecular weight is 221 g/mol. The number of esters is 1. The molecule has 0 spiro atoms. The van der Waals surface area contributed by atoms with Crippen molar-refractivity contribution in [3.05, 3.63) is 24.2 Å². The molecular formula is C9H11N5O2. The molecule has 0 atom stereocenters. The smallest absolute Gasteiger partial charge is 0.380 e. The summed E-state index contributed by atoms with van der Waals surface area (Å²) in [5.41, 5.74) is 0. The molecule has 16 heavy (non-hydrogen) atoms. The van der Waals surface area contributed by atoms with Gasteiger partial charge in [-0.1, -0.05) is 0 Å². The lowest BCUT2D eigenvalue weighted by molar-refractivity contribution is 0.0512. The minimum absolute atomic E-state index is 0.0388. The topological polar surface area (TPSA) is 74.8 Å². The van der Waals surface area contributed by atoms with Gasteiger partial charge in [-0.25, -0.2) is 4.79 Å². The summed E-state index contributed by atoms with van der Waals surface area (Å²) in [6.07, 6.45) is 1.85. The second kappa shape index (κ2) is 4.13. The third-order valence-electron chi connectivity index (χ3n) is 1.99. The zero-order valence-corrected chi connectivity index (χ0v) is 8.99. The zero-order chi connectivity index (χ0) is 11.5. The Bertz CT molecular complexity index is 501. The van der Waals surface area contributed by atoms with Gasteiger partial charge in [0.05, 0.1) is 6.61 Å². The summed E-state index contributed by atoms with van der Waals surface area (Å²) in [5, 5.41) is 11.3. The summed E-state index contributed by atoms with van der Waals surface area (Å²) in [5.74, 6) is 0.119. The predicted octanol–water partition coefficient (Wildman–Crippen LogP) is 0.177. The Kier molecular flexibility index (Phi) is 2.67. The van der Waals surface area contributed by atoms with Gasteiger partial charge < -0.3 is 9.30 Å². The highest BCUT2D eigenvalue weighted by Gasteiger charge is 2.15. The third kappa shape index (κ3) is 1.79. The molecule has 0 saturated carbocycles. The number of tetrazole rings is 1. The summed E-state index contributed by atoms with van der Waals surface area (Å²) in [7, 11) is 1.85. The van der Waals surface area contributed by atoms with Crippen molar-refractivity contribution in [2.45, 2.75) is 6.92 Å². The number of carbonyl (C=O) groups is 1. The molecule has 0 radical (unpaired) electrons. The van der Waals surface area contributed by atoms with Gasteiger partial charge in [-0.2, -0.15) is 0 Å². The van der Waals surface area contributed by atoms with Crippen molar-refractivity contribution in [3.63, 3.8) is 0 Å². The van der Waals surface area contributed by atoms with Crippen LogP contribution in [0.2, 0.25) is 0 Å². The third-order valence-corrected chi connectivity index (χ3v) is 1.99. The maximum absolute atomic E-state index is 11.3. The summed E-state index contributed by atoms with van der Waals surface area (Å²) in [6.45, 7) is 2.01. The first-order valence-corrected chi connectivity index (χ1v) is 4.81.